The average Bonchev–Trinajstić information content (AvgIpc) is 2.57. The largest absolute Gasteiger partial charge is 0.350 e. The van der Waals surface area contributed by atoms with E-state index in [2.05, 4.69) is 10.0 Å². The van der Waals surface area contributed by atoms with Crippen molar-refractivity contribution >= 4 is 33.2 Å². The predicted octanol–water partition coefficient (Wildman–Crippen LogP) is 4.20. The summed E-state index contributed by atoms with van der Waals surface area (Å²) < 4.78 is 40.9. The van der Waals surface area contributed by atoms with Crippen LogP contribution in [0, 0.1) is 5.82 Å². The number of para-hydroxylation sites is 1. The van der Waals surface area contributed by atoms with Crippen molar-refractivity contribution in [1.29, 1.82) is 0 Å². The molecular weight excluding hydrogens is 379 g/mol. The van der Waals surface area contributed by atoms with Crippen molar-refractivity contribution in [1.82, 2.24) is 5.32 Å². The van der Waals surface area contributed by atoms with Crippen LogP contribution in [0.1, 0.15) is 37.0 Å². The summed E-state index contributed by atoms with van der Waals surface area (Å²) in [4.78, 5) is 12.2. The number of amides is 1. The maximum absolute atomic E-state index is 13.7. The zero-order valence-electron chi connectivity index (χ0n) is 14.4. The molecule has 1 amide bonds. The highest BCUT2D eigenvalue weighted by Crippen LogP contribution is 2.23. The Bertz CT molecular complexity index is 903. The molecule has 0 aliphatic heterocycles. The van der Waals surface area contributed by atoms with Gasteiger partial charge in [-0.05, 0) is 43.7 Å². The molecule has 0 aromatic heterocycles. The number of sulfonamides is 1. The zero-order valence-corrected chi connectivity index (χ0v) is 16.0. The number of hydrogen-bond donors (Lipinski definition) is 2. The van der Waals surface area contributed by atoms with E-state index >= 15 is 0 Å². The predicted molar refractivity (Wildman–Crippen MR) is 100 cm³/mol. The maximum Gasteiger partial charge on any atom is 0.262 e. The van der Waals surface area contributed by atoms with E-state index in [9.17, 15) is 17.6 Å². The lowest BCUT2D eigenvalue weighted by Gasteiger charge is -2.15. The number of carbonyl (C=O) groups is 1. The van der Waals surface area contributed by atoms with E-state index in [0.717, 1.165) is 18.9 Å². The van der Waals surface area contributed by atoms with Crippen LogP contribution in [-0.4, -0.2) is 20.4 Å². The van der Waals surface area contributed by atoms with Gasteiger partial charge < -0.3 is 5.32 Å². The SMILES string of the molecule is CCC[C@H](C)NC(=O)c1cc(S(=O)(=O)Nc2ccccc2F)ccc1Cl. The Morgan fingerprint density at radius 2 is 1.92 bits per heavy atom. The second-order valence-corrected chi connectivity index (χ2v) is 7.98. The summed E-state index contributed by atoms with van der Waals surface area (Å²) in [5.41, 5.74) is -0.129. The minimum atomic E-state index is -4.08. The van der Waals surface area contributed by atoms with Gasteiger partial charge in [-0.2, -0.15) is 0 Å². The molecule has 2 aromatic carbocycles. The first-order chi connectivity index (χ1) is 12.2. The lowest BCUT2D eigenvalue weighted by Crippen LogP contribution is -2.32. The molecule has 0 saturated heterocycles. The normalized spacial score (nSPS) is 12.5. The first-order valence-electron chi connectivity index (χ1n) is 8.12. The van der Waals surface area contributed by atoms with E-state index in [1.165, 1.54) is 36.4 Å². The van der Waals surface area contributed by atoms with Crippen molar-refractivity contribution < 1.29 is 17.6 Å². The Labute approximate surface area is 157 Å². The highest BCUT2D eigenvalue weighted by Gasteiger charge is 2.20. The number of rotatable bonds is 7. The third kappa shape index (κ3) is 4.95. The van der Waals surface area contributed by atoms with Crippen molar-refractivity contribution in [2.24, 2.45) is 0 Å². The van der Waals surface area contributed by atoms with Gasteiger partial charge in [0.15, 0.2) is 0 Å². The lowest BCUT2D eigenvalue weighted by atomic mass is 10.1. The minimum absolute atomic E-state index is 0.0472. The lowest BCUT2D eigenvalue weighted by molar-refractivity contribution is 0.0938. The molecule has 0 saturated carbocycles. The van der Waals surface area contributed by atoms with Crippen molar-refractivity contribution in [3.8, 4) is 0 Å². The Balaban J connectivity index is 2.30. The van der Waals surface area contributed by atoms with E-state index in [1.54, 1.807) is 0 Å². The van der Waals surface area contributed by atoms with E-state index < -0.39 is 21.7 Å². The van der Waals surface area contributed by atoms with Crippen LogP contribution < -0.4 is 10.0 Å². The van der Waals surface area contributed by atoms with Gasteiger partial charge in [0.25, 0.3) is 15.9 Å². The van der Waals surface area contributed by atoms with Gasteiger partial charge in [0.1, 0.15) is 5.82 Å². The molecule has 2 aromatic rings. The summed E-state index contributed by atoms with van der Waals surface area (Å²) in [7, 11) is -4.08. The fourth-order valence-corrected chi connectivity index (χ4v) is 3.70. The van der Waals surface area contributed by atoms with Crippen molar-refractivity contribution in [2.45, 2.75) is 37.6 Å². The number of hydrogen-bond acceptors (Lipinski definition) is 3. The quantitative estimate of drug-likeness (QED) is 0.734. The van der Waals surface area contributed by atoms with E-state index in [1.807, 2.05) is 13.8 Å². The molecule has 0 bridgehead atoms. The Hall–Kier alpha value is -2.12. The molecule has 0 radical (unpaired) electrons. The smallest absolute Gasteiger partial charge is 0.262 e. The Morgan fingerprint density at radius 1 is 1.23 bits per heavy atom. The number of halogens is 2. The maximum atomic E-state index is 13.7. The molecule has 0 fully saturated rings. The number of anilines is 1. The molecule has 0 heterocycles. The van der Waals surface area contributed by atoms with Crippen LogP contribution in [0.2, 0.25) is 5.02 Å². The number of benzene rings is 2. The van der Waals surface area contributed by atoms with Gasteiger partial charge in [-0.3, -0.25) is 9.52 Å². The summed E-state index contributed by atoms with van der Waals surface area (Å²) in [6, 6.07) is 9.12. The van der Waals surface area contributed by atoms with Gasteiger partial charge in [-0.15, -0.1) is 0 Å². The highest BCUT2D eigenvalue weighted by atomic mass is 35.5. The van der Waals surface area contributed by atoms with Crippen LogP contribution in [0.3, 0.4) is 0 Å². The van der Waals surface area contributed by atoms with Crippen molar-refractivity contribution in [3.05, 3.63) is 58.9 Å². The van der Waals surface area contributed by atoms with Crippen LogP contribution >= 0.6 is 11.6 Å². The van der Waals surface area contributed by atoms with Gasteiger partial charge in [0.05, 0.1) is 21.2 Å². The van der Waals surface area contributed by atoms with Crippen molar-refractivity contribution in [2.75, 3.05) is 4.72 Å². The highest BCUT2D eigenvalue weighted by molar-refractivity contribution is 7.92. The Kier molecular flexibility index (Phi) is 6.61. The van der Waals surface area contributed by atoms with Gasteiger partial charge in [-0.25, -0.2) is 12.8 Å². The fraction of sp³-hybridized carbons (Fsp3) is 0.278. The molecule has 8 heteroatoms. The summed E-state index contributed by atoms with van der Waals surface area (Å²) in [6.07, 6.45) is 1.69. The zero-order chi connectivity index (χ0) is 19.3. The van der Waals surface area contributed by atoms with Crippen LogP contribution in [0.25, 0.3) is 0 Å². The van der Waals surface area contributed by atoms with Crippen LogP contribution in [0.15, 0.2) is 47.4 Å². The summed E-state index contributed by atoms with van der Waals surface area (Å²) in [5.74, 6) is -1.16. The topological polar surface area (TPSA) is 75.3 Å². The molecule has 2 rings (SSSR count). The molecule has 0 unspecified atom stereocenters. The molecular formula is C18H20ClFN2O3S. The van der Waals surface area contributed by atoms with Gasteiger partial charge in [-0.1, -0.05) is 37.1 Å². The summed E-state index contributed by atoms with van der Waals surface area (Å²) >= 11 is 6.05. The van der Waals surface area contributed by atoms with Gasteiger partial charge in [0, 0.05) is 6.04 Å². The summed E-state index contributed by atoms with van der Waals surface area (Å²) in [5, 5.41) is 2.91. The molecule has 0 aliphatic carbocycles. The van der Waals surface area contributed by atoms with Gasteiger partial charge in [0.2, 0.25) is 0 Å². The first-order valence-corrected chi connectivity index (χ1v) is 9.98. The Morgan fingerprint density at radius 3 is 2.58 bits per heavy atom. The molecule has 1 atom stereocenters. The van der Waals surface area contributed by atoms with Crippen LogP contribution in [0.4, 0.5) is 10.1 Å². The standard InChI is InChI=1S/C18H20ClFN2O3S/c1-3-6-12(2)21-18(23)14-11-13(9-10-15(14)19)26(24,25)22-17-8-5-4-7-16(17)20/h4-5,7-12,22H,3,6H2,1-2H3,(H,21,23)/t12-/m0/s1. The van der Waals surface area contributed by atoms with E-state index in [4.69, 9.17) is 11.6 Å². The second-order valence-electron chi connectivity index (χ2n) is 5.89. The summed E-state index contributed by atoms with van der Waals surface area (Å²) in [6.45, 7) is 3.85. The third-order valence-corrected chi connectivity index (χ3v) is 5.40. The van der Waals surface area contributed by atoms with Crippen LogP contribution in [0.5, 0.6) is 0 Å². The molecule has 2 N–H and O–H groups in total. The molecule has 140 valence electrons. The molecule has 26 heavy (non-hydrogen) atoms. The minimum Gasteiger partial charge on any atom is -0.350 e. The molecule has 0 aliphatic rings. The number of carbonyl (C=O) groups excluding carboxylic acids is 1. The third-order valence-electron chi connectivity index (χ3n) is 3.71. The van der Waals surface area contributed by atoms with Crippen molar-refractivity contribution in [3.63, 3.8) is 0 Å². The van der Waals surface area contributed by atoms with Crippen LogP contribution in [-0.2, 0) is 10.0 Å². The van der Waals surface area contributed by atoms with E-state index in [0.29, 0.717) is 0 Å². The monoisotopic (exact) mass is 398 g/mol. The number of nitrogens with one attached hydrogen (secondary N) is 2. The average molecular weight is 399 g/mol. The molecule has 5 nitrogen and oxygen atoms in total. The second kappa shape index (κ2) is 8.51. The molecule has 0 spiro atoms. The van der Waals surface area contributed by atoms with Gasteiger partial charge >= 0.3 is 0 Å². The fourth-order valence-electron chi connectivity index (χ4n) is 2.40. The first kappa shape index (κ1) is 20.2. The van der Waals surface area contributed by atoms with E-state index in [-0.39, 0.29) is 27.2 Å².